The number of sulfonamides is 1. The van der Waals surface area contributed by atoms with Gasteiger partial charge in [0, 0.05) is 31.7 Å². The molecule has 0 aliphatic carbocycles. The van der Waals surface area contributed by atoms with Crippen molar-refractivity contribution >= 4 is 15.8 Å². The Labute approximate surface area is 179 Å². The Bertz CT molecular complexity index is 1180. The van der Waals surface area contributed by atoms with Crippen molar-refractivity contribution in [3.63, 3.8) is 0 Å². The van der Waals surface area contributed by atoms with Crippen molar-refractivity contribution in [1.29, 1.82) is 0 Å². The van der Waals surface area contributed by atoms with Crippen LogP contribution in [0.1, 0.15) is 5.82 Å². The Kier molecular flexibility index (Phi) is 5.94. The maximum absolute atomic E-state index is 13.7. The highest BCUT2D eigenvalue weighted by molar-refractivity contribution is 7.89. The van der Waals surface area contributed by atoms with E-state index in [2.05, 4.69) is 15.3 Å². The summed E-state index contributed by atoms with van der Waals surface area (Å²) >= 11 is 0. The molecule has 31 heavy (non-hydrogen) atoms. The van der Waals surface area contributed by atoms with Crippen molar-refractivity contribution in [3.05, 3.63) is 60.2 Å². The van der Waals surface area contributed by atoms with Crippen LogP contribution in [0.2, 0.25) is 0 Å². The van der Waals surface area contributed by atoms with Crippen LogP contribution in [-0.4, -0.2) is 44.6 Å². The molecule has 0 saturated carbocycles. The number of nitrogens with zero attached hydrogens (tertiary/aromatic N) is 3. The smallest absolute Gasteiger partial charge is 0.238 e. The van der Waals surface area contributed by atoms with E-state index >= 15 is 0 Å². The molecule has 0 radical (unpaired) electrons. The molecule has 1 aliphatic heterocycles. The second-order valence-corrected chi connectivity index (χ2v) is 8.70. The van der Waals surface area contributed by atoms with Gasteiger partial charge >= 0.3 is 0 Å². The van der Waals surface area contributed by atoms with Crippen LogP contribution in [-0.2, 0) is 16.7 Å². The van der Waals surface area contributed by atoms with Crippen LogP contribution in [0.3, 0.4) is 0 Å². The van der Waals surface area contributed by atoms with E-state index in [4.69, 9.17) is 5.14 Å². The van der Waals surface area contributed by atoms with E-state index in [1.165, 1.54) is 24.3 Å². The first kappa shape index (κ1) is 21.3. The predicted octanol–water partition coefficient (Wildman–Crippen LogP) is 2.48. The Morgan fingerprint density at radius 3 is 2.16 bits per heavy atom. The van der Waals surface area contributed by atoms with E-state index in [0.717, 1.165) is 13.1 Å². The molecule has 4 rings (SSSR count). The van der Waals surface area contributed by atoms with Gasteiger partial charge in [0.25, 0.3) is 0 Å². The number of primary sulfonamides is 1. The minimum atomic E-state index is -3.85. The molecule has 7 nitrogen and oxygen atoms in total. The first-order valence-corrected chi connectivity index (χ1v) is 11.2. The number of hydrogen-bond acceptors (Lipinski definition) is 6. The molecular weight excluding hydrogens is 424 g/mol. The summed E-state index contributed by atoms with van der Waals surface area (Å²) in [6.45, 7) is 1.95. The zero-order valence-electron chi connectivity index (χ0n) is 16.6. The van der Waals surface area contributed by atoms with Gasteiger partial charge in [-0.05, 0) is 42.0 Å². The fourth-order valence-corrected chi connectivity index (χ4v) is 4.07. The number of anilines is 1. The monoisotopic (exact) mass is 445 g/mol. The summed E-state index contributed by atoms with van der Waals surface area (Å²) in [5.41, 5.74) is 2.30. The second-order valence-electron chi connectivity index (χ2n) is 7.13. The van der Waals surface area contributed by atoms with Gasteiger partial charge < -0.3 is 10.2 Å². The lowest BCUT2D eigenvalue weighted by molar-refractivity contribution is 0.465. The zero-order valence-corrected chi connectivity index (χ0v) is 17.4. The molecule has 3 aromatic rings. The summed E-state index contributed by atoms with van der Waals surface area (Å²) in [6.07, 6.45) is 0. The molecule has 2 aromatic carbocycles. The highest BCUT2D eigenvalue weighted by Crippen LogP contribution is 2.38. The summed E-state index contributed by atoms with van der Waals surface area (Å²) in [5, 5.41) is 8.49. The number of hydrogen-bond donors (Lipinski definition) is 2. The van der Waals surface area contributed by atoms with E-state index < -0.39 is 22.5 Å². The minimum Gasteiger partial charge on any atom is -0.353 e. The van der Waals surface area contributed by atoms with Crippen molar-refractivity contribution in [1.82, 2.24) is 15.3 Å². The number of alkyl halides is 1. The van der Waals surface area contributed by atoms with Gasteiger partial charge in [0.1, 0.15) is 18.3 Å². The van der Waals surface area contributed by atoms with E-state index in [9.17, 15) is 17.2 Å². The van der Waals surface area contributed by atoms with Gasteiger partial charge in [-0.2, -0.15) is 0 Å². The van der Waals surface area contributed by atoms with Crippen LogP contribution in [0, 0.1) is 5.82 Å². The van der Waals surface area contributed by atoms with Crippen LogP contribution >= 0.6 is 0 Å². The van der Waals surface area contributed by atoms with Gasteiger partial charge in [0.15, 0.2) is 5.82 Å². The van der Waals surface area contributed by atoms with Crippen LogP contribution < -0.4 is 15.4 Å². The lowest BCUT2D eigenvalue weighted by atomic mass is 9.98. The SMILES string of the molecule is NS(=O)(=O)c1ccc(-c2c(-c3ccc(F)cc3)nc(CF)nc2N2CCNCC2)cc1. The lowest BCUT2D eigenvalue weighted by Crippen LogP contribution is -2.44. The number of halogens is 2. The largest absolute Gasteiger partial charge is 0.353 e. The number of aromatic nitrogens is 2. The van der Waals surface area contributed by atoms with Crippen LogP contribution in [0.15, 0.2) is 53.4 Å². The standard InChI is InChI=1S/C21H21F2N5O2S/c22-13-18-26-20(15-1-5-16(23)6-2-15)19(21(27-18)28-11-9-25-10-12-28)14-3-7-17(8-4-14)31(24,29)30/h1-8,25H,9-13H2,(H2,24,29,30). The summed E-state index contributed by atoms with van der Waals surface area (Å²) in [4.78, 5) is 10.9. The van der Waals surface area contributed by atoms with E-state index in [1.807, 2.05) is 4.90 Å². The first-order valence-electron chi connectivity index (χ1n) is 9.68. The normalized spacial score (nSPS) is 14.6. The number of nitrogens with one attached hydrogen (secondary N) is 1. The summed E-state index contributed by atoms with van der Waals surface area (Å²) in [6, 6.07) is 11.8. The number of rotatable bonds is 5. The molecule has 3 N–H and O–H groups in total. The Morgan fingerprint density at radius 1 is 0.968 bits per heavy atom. The third kappa shape index (κ3) is 4.55. The van der Waals surface area contributed by atoms with Crippen LogP contribution in [0.5, 0.6) is 0 Å². The van der Waals surface area contributed by atoms with Crippen molar-refractivity contribution in [2.24, 2.45) is 5.14 Å². The van der Waals surface area contributed by atoms with Crippen molar-refractivity contribution in [2.75, 3.05) is 31.1 Å². The second kappa shape index (κ2) is 8.66. The average Bonchev–Trinajstić information content (AvgIpc) is 2.79. The van der Waals surface area contributed by atoms with Gasteiger partial charge in [-0.1, -0.05) is 12.1 Å². The van der Waals surface area contributed by atoms with E-state index in [-0.39, 0.29) is 10.7 Å². The fraction of sp³-hybridized carbons (Fsp3) is 0.238. The number of piperazine rings is 1. The fourth-order valence-electron chi connectivity index (χ4n) is 3.55. The first-order chi connectivity index (χ1) is 14.9. The molecule has 0 bridgehead atoms. The third-order valence-corrected chi connectivity index (χ3v) is 5.99. The minimum absolute atomic E-state index is 0.0235. The van der Waals surface area contributed by atoms with Gasteiger partial charge in [-0.15, -0.1) is 0 Å². The summed E-state index contributed by atoms with van der Waals surface area (Å²) in [5.74, 6) is 0.175. The molecule has 0 unspecified atom stereocenters. The third-order valence-electron chi connectivity index (χ3n) is 5.06. The van der Waals surface area contributed by atoms with Crippen LogP contribution in [0.25, 0.3) is 22.4 Å². The maximum atomic E-state index is 13.7. The number of nitrogens with two attached hydrogens (primary N) is 1. The van der Waals surface area contributed by atoms with E-state index in [0.29, 0.717) is 41.3 Å². The molecule has 0 amide bonds. The molecule has 1 saturated heterocycles. The van der Waals surface area contributed by atoms with Crippen molar-refractivity contribution in [2.45, 2.75) is 11.6 Å². The molecular formula is C21H21F2N5O2S. The molecule has 1 aliphatic rings. The number of benzene rings is 2. The Morgan fingerprint density at radius 2 is 1.58 bits per heavy atom. The topological polar surface area (TPSA) is 101 Å². The Balaban J connectivity index is 1.96. The molecule has 0 atom stereocenters. The predicted molar refractivity (Wildman–Crippen MR) is 114 cm³/mol. The van der Waals surface area contributed by atoms with Crippen molar-refractivity contribution in [3.8, 4) is 22.4 Å². The molecule has 162 valence electrons. The molecule has 1 fully saturated rings. The van der Waals surface area contributed by atoms with Crippen LogP contribution in [0.4, 0.5) is 14.6 Å². The van der Waals surface area contributed by atoms with Gasteiger partial charge in [-0.25, -0.2) is 32.3 Å². The zero-order chi connectivity index (χ0) is 22.0. The van der Waals surface area contributed by atoms with Crippen molar-refractivity contribution < 1.29 is 17.2 Å². The average molecular weight is 445 g/mol. The van der Waals surface area contributed by atoms with E-state index in [1.54, 1.807) is 24.3 Å². The summed E-state index contributed by atoms with van der Waals surface area (Å²) in [7, 11) is -3.85. The highest BCUT2D eigenvalue weighted by Gasteiger charge is 2.23. The van der Waals surface area contributed by atoms with Gasteiger partial charge in [0.2, 0.25) is 10.0 Å². The van der Waals surface area contributed by atoms with Gasteiger partial charge in [-0.3, -0.25) is 0 Å². The summed E-state index contributed by atoms with van der Waals surface area (Å²) < 4.78 is 50.5. The maximum Gasteiger partial charge on any atom is 0.238 e. The molecule has 0 spiro atoms. The van der Waals surface area contributed by atoms with Gasteiger partial charge in [0.05, 0.1) is 16.2 Å². The molecule has 1 aromatic heterocycles. The highest BCUT2D eigenvalue weighted by atomic mass is 32.2. The Hall–Kier alpha value is -2.95. The quantitative estimate of drug-likeness (QED) is 0.626. The lowest BCUT2D eigenvalue weighted by Gasteiger charge is -2.31. The molecule has 2 heterocycles. The molecule has 10 heteroatoms.